The largest absolute Gasteiger partial charge is 0.389 e. The van der Waals surface area contributed by atoms with Crippen LogP contribution in [0.15, 0.2) is 27.8 Å². The van der Waals surface area contributed by atoms with Crippen LogP contribution in [0, 0.1) is 0 Å². The van der Waals surface area contributed by atoms with E-state index in [1.54, 1.807) is 6.07 Å². The van der Waals surface area contributed by atoms with Crippen LogP contribution in [0.1, 0.15) is 13.8 Å². The molecule has 15 heavy (non-hydrogen) atoms. The third-order valence-corrected chi connectivity index (χ3v) is 4.00. The van der Waals surface area contributed by atoms with Gasteiger partial charge >= 0.3 is 0 Å². The minimum absolute atomic E-state index is 0.0205. The van der Waals surface area contributed by atoms with Crippen molar-refractivity contribution in [1.82, 2.24) is 4.98 Å². The number of hydrogen-bond donors (Lipinski definition) is 1. The minimum atomic E-state index is -3.52. The van der Waals surface area contributed by atoms with E-state index in [0.717, 1.165) is 0 Å². The summed E-state index contributed by atoms with van der Waals surface area (Å²) < 4.78 is 24.2. The number of rotatable bonds is 3. The molecule has 0 fully saturated rings. The van der Waals surface area contributed by atoms with E-state index in [-0.39, 0.29) is 10.8 Å². The van der Waals surface area contributed by atoms with Crippen molar-refractivity contribution in [2.24, 2.45) is 0 Å². The van der Waals surface area contributed by atoms with Crippen LogP contribution >= 0.6 is 15.9 Å². The zero-order valence-corrected chi connectivity index (χ0v) is 10.8. The molecule has 0 unspecified atom stereocenters. The second-order valence-electron chi connectivity index (χ2n) is 3.89. The molecule has 6 heteroatoms. The highest BCUT2D eigenvalue weighted by molar-refractivity contribution is 9.10. The third-order valence-electron chi connectivity index (χ3n) is 1.56. The highest BCUT2D eigenvalue weighted by atomic mass is 79.9. The van der Waals surface area contributed by atoms with Gasteiger partial charge in [0.2, 0.25) is 0 Å². The van der Waals surface area contributed by atoms with Crippen molar-refractivity contribution in [1.29, 1.82) is 0 Å². The zero-order valence-electron chi connectivity index (χ0n) is 8.44. The first kappa shape index (κ1) is 12.6. The quantitative estimate of drug-likeness (QED) is 0.914. The maximum absolute atomic E-state index is 11.7. The highest BCUT2D eigenvalue weighted by Gasteiger charge is 2.25. The van der Waals surface area contributed by atoms with Gasteiger partial charge in [0.25, 0.3) is 0 Å². The van der Waals surface area contributed by atoms with Gasteiger partial charge in [-0.25, -0.2) is 13.4 Å². The maximum Gasteiger partial charge on any atom is 0.198 e. The molecule has 1 heterocycles. The van der Waals surface area contributed by atoms with E-state index >= 15 is 0 Å². The molecule has 0 aliphatic carbocycles. The lowest BCUT2D eigenvalue weighted by molar-refractivity contribution is 0.105. The molecule has 1 aromatic rings. The van der Waals surface area contributed by atoms with E-state index in [0.29, 0.717) is 4.47 Å². The standard InChI is InChI=1S/C9H12BrNO3S/c1-9(2,12)6-15(13,14)8-4-3-7(10)5-11-8/h3-5,12H,6H2,1-2H3. The fourth-order valence-electron chi connectivity index (χ4n) is 1.09. The predicted octanol–water partition coefficient (Wildman–Crippen LogP) is 1.39. The Hall–Kier alpha value is -0.460. The number of pyridine rings is 1. The Balaban J connectivity index is 3.02. The van der Waals surface area contributed by atoms with Gasteiger partial charge in [-0.05, 0) is 41.9 Å². The summed E-state index contributed by atoms with van der Waals surface area (Å²) >= 11 is 3.17. The number of sulfone groups is 1. The van der Waals surface area contributed by atoms with Gasteiger partial charge in [-0.15, -0.1) is 0 Å². The number of aromatic nitrogens is 1. The van der Waals surface area contributed by atoms with Crippen LogP contribution in [0.4, 0.5) is 0 Å². The number of nitrogens with zero attached hydrogens (tertiary/aromatic N) is 1. The lowest BCUT2D eigenvalue weighted by Gasteiger charge is -2.16. The van der Waals surface area contributed by atoms with Crippen LogP contribution in [0.5, 0.6) is 0 Å². The van der Waals surface area contributed by atoms with Crippen molar-refractivity contribution in [3.63, 3.8) is 0 Å². The Bertz CT molecular complexity index is 433. The molecule has 1 rings (SSSR count). The maximum atomic E-state index is 11.7. The fraction of sp³-hybridized carbons (Fsp3) is 0.444. The molecule has 84 valence electrons. The second-order valence-corrected chi connectivity index (χ2v) is 6.74. The molecule has 0 aliphatic rings. The van der Waals surface area contributed by atoms with Crippen molar-refractivity contribution in [2.75, 3.05) is 5.75 Å². The summed E-state index contributed by atoms with van der Waals surface area (Å²) in [7, 11) is -3.52. The Kier molecular flexibility index (Phi) is 3.52. The van der Waals surface area contributed by atoms with E-state index in [1.165, 1.54) is 26.1 Å². The van der Waals surface area contributed by atoms with Gasteiger partial charge in [0.15, 0.2) is 14.9 Å². The van der Waals surface area contributed by atoms with Gasteiger partial charge in [-0.2, -0.15) is 0 Å². The van der Waals surface area contributed by atoms with Crippen molar-refractivity contribution < 1.29 is 13.5 Å². The normalized spacial score (nSPS) is 12.8. The SMILES string of the molecule is CC(C)(O)CS(=O)(=O)c1ccc(Br)cn1. The van der Waals surface area contributed by atoms with E-state index in [1.807, 2.05) is 0 Å². The lowest BCUT2D eigenvalue weighted by Crippen LogP contribution is -2.30. The van der Waals surface area contributed by atoms with Gasteiger partial charge in [-0.3, -0.25) is 0 Å². The summed E-state index contributed by atoms with van der Waals surface area (Å²) in [5.41, 5.74) is -1.26. The molecule has 0 bridgehead atoms. The molecular weight excluding hydrogens is 282 g/mol. The van der Waals surface area contributed by atoms with Crippen LogP contribution in [0.3, 0.4) is 0 Å². The summed E-state index contributed by atoms with van der Waals surface area (Å²) in [5, 5.41) is 9.43. The van der Waals surface area contributed by atoms with Gasteiger partial charge < -0.3 is 5.11 Å². The van der Waals surface area contributed by atoms with Gasteiger partial charge in [-0.1, -0.05) is 0 Å². The van der Waals surface area contributed by atoms with Crippen LogP contribution in [-0.4, -0.2) is 29.9 Å². The Morgan fingerprint density at radius 3 is 2.47 bits per heavy atom. The summed E-state index contributed by atoms with van der Waals surface area (Å²) in [6.45, 7) is 2.90. The molecule has 4 nitrogen and oxygen atoms in total. The highest BCUT2D eigenvalue weighted by Crippen LogP contribution is 2.16. The summed E-state index contributed by atoms with van der Waals surface area (Å²) in [4.78, 5) is 3.79. The van der Waals surface area contributed by atoms with Crippen molar-refractivity contribution >= 4 is 25.8 Å². The monoisotopic (exact) mass is 293 g/mol. The minimum Gasteiger partial charge on any atom is -0.389 e. The second kappa shape index (κ2) is 4.19. The van der Waals surface area contributed by atoms with Crippen LogP contribution in [-0.2, 0) is 9.84 Å². The van der Waals surface area contributed by atoms with Gasteiger partial charge in [0, 0.05) is 10.7 Å². The Morgan fingerprint density at radius 1 is 1.47 bits per heavy atom. The molecule has 0 spiro atoms. The third kappa shape index (κ3) is 3.89. The Labute approximate surface area is 97.4 Å². The van der Waals surface area contributed by atoms with Crippen molar-refractivity contribution in [3.8, 4) is 0 Å². The van der Waals surface area contributed by atoms with Gasteiger partial charge in [0.1, 0.15) is 0 Å². The number of halogens is 1. The smallest absolute Gasteiger partial charge is 0.198 e. The average molecular weight is 294 g/mol. The molecule has 0 amide bonds. The zero-order chi connectivity index (χ0) is 11.7. The van der Waals surface area contributed by atoms with Crippen molar-refractivity contribution in [3.05, 3.63) is 22.8 Å². The summed E-state index contributed by atoms with van der Waals surface area (Å²) in [6.07, 6.45) is 1.41. The first-order chi connectivity index (χ1) is 6.71. The molecule has 0 aliphatic heterocycles. The molecule has 0 radical (unpaired) electrons. The van der Waals surface area contributed by atoms with Crippen LogP contribution < -0.4 is 0 Å². The van der Waals surface area contributed by atoms with Crippen LogP contribution in [0.25, 0.3) is 0 Å². The van der Waals surface area contributed by atoms with E-state index in [4.69, 9.17) is 0 Å². The Morgan fingerprint density at radius 2 is 2.07 bits per heavy atom. The molecule has 0 aromatic carbocycles. The molecule has 0 saturated carbocycles. The molecule has 1 aromatic heterocycles. The molecular formula is C9H12BrNO3S. The lowest BCUT2D eigenvalue weighted by atomic mass is 10.2. The summed E-state index contributed by atoms with van der Waals surface area (Å²) in [5.74, 6) is -0.339. The van der Waals surface area contributed by atoms with E-state index < -0.39 is 15.4 Å². The van der Waals surface area contributed by atoms with Gasteiger partial charge in [0.05, 0.1) is 11.4 Å². The number of hydrogen-bond acceptors (Lipinski definition) is 4. The van der Waals surface area contributed by atoms with E-state index in [9.17, 15) is 13.5 Å². The summed E-state index contributed by atoms with van der Waals surface area (Å²) in [6, 6.07) is 3.01. The topological polar surface area (TPSA) is 67.3 Å². The molecule has 0 saturated heterocycles. The molecule has 1 N–H and O–H groups in total. The first-order valence-corrected chi connectivity index (χ1v) is 6.72. The molecule has 0 atom stereocenters. The fourth-order valence-corrected chi connectivity index (χ4v) is 2.89. The predicted molar refractivity (Wildman–Crippen MR) is 60.3 cm³/mol. The van der Waals surface area contributed by atoms with E-state index in [2.05, 4.69) is 20.9 Å². The van der Waals surface area contributed by atoms with Crippen molar-refractivity contribution in [2.45, 2.75) is 24.5 Å². The number of aliphatic hydroxyl groups is 1. The first-order valence-electron chi connectivity index (χ1n) is 4.27. The van der Waals surface area contributed by atoms with Crippen LogP contribution in [0.2, 0.25) is 0 Å². The average Bonchev–Trinajstić information content (AvgIpc) is 2.00.